The lowest BCUT2D eigenvalue weighted by Crippen LogP contribution is -2.27. The number of alkyl carbamates (subject to hydrolysis) is 1. The van der Waals surface area contributed by atoms with Gasteiger partial charge in [-0.05, 0) is 18.0 Å². The fraction of sp³-hybridized carbons (Fsp3) is 0.714. The fourth-order valence-electron chi connectivity index (χ4n) is 1.74. The van der Waals surface area contributed by atoms with Crippen LogP contribution in [-0.4, -0.2) is 54.6 Å². The summed E-state index contributed by atoms with van der Waals surface area (Å²) in [7, 11) is 1.54. The van der Waals surface area contributed by atoms with Gasteiger partial charge in [-0.25, -0.2) is 4.79 Å². The number of halogens is 1. The molecular weight excluding hydrogens is 336 g/mol. The topological polar surface area (TPSA) is 110 Å². The highest BCUT2D eigenvalue weighted by Crippen LogP contribution is 2.08. The standard InChI is InChI=1S/C14H25ClN6O3/c1-3-4-5-6-7-17-14(22)24-9-8-16-12-19-11(15)20-13(21-12)18-10-23-2/h3-10H2,1-2H3,(H,17,22)(H2,16,18,19,20,21). The van der Waals surface area contributed by atoms with Crippen molar-refractivity contribution in [2.24, 2.45) is 0 Å². The molecule has 1 rings (SSSR count). The third-order valence-electron chi connectivity index (χ3n) is 2.90. The van der Waals surface area contributed by atoms with Crippen molar-refractivity contribution in [1.82, 2.24) is 20.3 Å². The second-order valence-corrected chi connectivity index (χ2v) is 5.25. The van der Waals surface area contributed by atoms with Crippen molar-refractivity contribution in [2.75, 3.05) is 44.2 Å². The minimum atomic E-state index is -0.426. The summed E-state index contributed by atoms with van der Waals surface area (Å²) in [6.45, 7) is 3.56. The largest absolute Gasteiger partial charge is 0.448 e. The Balaban J connectivity index is 2.20. The summed E-state index contributed by atoms with van der Waals surface area (Å²) in [5, 5.41) is 8.49. The van der Waals surface area contributed by atoms with Gasteiger partial charge in [-0.15, -0.1) is 0 Å². The predicted octanol–water partition coefficient (Wildman–Crippen LogP) is 2.26. The first-order valence-electron chi connectivity index (χ1n) is 7.94. The molecule has 3 N–H and O–H groups in total. The highest BCUT2D eigenvalue weighted by molar-refractivity contribution is 6.28. The van der Waals surface area contributed by atoms with Crippen molar-refractivity contribution in [3.05, 3.63) is 5.28 Å². The number of hydrogen-bond donors (Lipinski definition) is 3. The average Bonchev–Trinajstić information content (AvgIpc) is 2.56. The van der Waals surface area contributed by atoms with E-state index in [4.69, 9.17) is 21.1 Å². The van der Waals surface area contributed by atoms with Crippen LogP contribution in [0.1, 0.15) is 32.6 Å². The van der Waals surface area contributed by atoms with Crippen LogP contribution >= 0.6 is 11.6 Å². The number of nitrogens with zero attached hydrogens (tertiary/aromatic N) is 3. The van der Waals surface area contributed by atoms with Crippen molar-refractivity contribution in [3.8, 4) is 0 Å². The zero-order valence-electron chi connectivity index (χ0n) is 14.1. The molecule has 0 bridgehead atoms. The lowest BCUT2D eigenvalue weighted by atomic mass is 10.2. The number of aromatic nitrogens is 3. The van der Waals surface area contributed by atoms with Gasteiger partial charge in [0, 0.05) is 13.7 Å². The number of carbonyl (C=O) groups is 1. The van der Waals surface area contributed by atoms with Gasteiger partial charge >= 0.3 is 6.09 Å². The first kappa shape index (κ1) is 20.2. The van der Waals surface area contributed by atoms with Crippen LogP contribution in [0.3, 0.4) is 0 Å². The molecule has 10 heteroatoms. The van der Waals surface area contributed by atoms with Gasteiger partial charge in [0.1, 0.15) is 13.3 Å². The maximum absolute atomic E-state index is 11.5. The van der Waals surface area contributed by atoms with Gasteiger partial charge in [0.25, 0.3) is 0 Å². The average molecular weight is 361 g/mol. The second kappa shape index (κ2) is 12.5. The number of methoxy groups -OCH3 is 1. The highest BCUT2D eigenvalue weighted by atomic mass is 35.5. The van der Waals surface area contributed by atoms with E-state index in [0.717, 1.165) is 12.8 Å². The zero-order chi connectivity index (χ0) is 17.6. The number of rotatable bonds is 12. The molecule has 9 nitrogen and oxygen atoms in total. The second-order valence-electron chi connectivity index (χ2n) is 4.91. The molecule has 0 atom stereocenters. The van der Waals surface area contributed by atoms with Crippen LogP contribution in [0.25, 0.3) is 0 Å². The summed E-state index contributed by atoms with van der Waals surface area (Å²) in [6, 6.07) is 0. The Bertz CT molecular complexity index is 492. The normalized spacial score (nSPS) is 10.3. The number of carbonyl (C=O) groups excluding carboxylic acids is 1. The van der Waals surface area contributed by atoms with E-state index in [1.807, 2.05) is 0 Å². The monoisotopic (exact) mass is 360 g/mol. The van der Waals surface area contributed by atoms with E-state index in [2.05, 4.69) is 37.8 Å². The molecule has 136 valence electrons. The van der Waals surface area contributed by atoms with E-state index in [9.17, 15) is 4.79 Å². The molecule has 1 aromatic rings. The third kappa shape index (κ3) is 9.31. The van der Waals surface area contributed by atoms with Crippen LogP contribution in [0.15, 0.2) is 0 Å². The van der Waals surface area contributed by atoms with Crippen molar-refractivity contribution in [1.29, 1.82) is 0 Å². The Kier molecular flexibility index (Phi) is 10.5. The van der Waals surface area contributed by atoms with Gasteiger partial charge in [-0.3, -0.25) is 0 Å². The molecule has 24 heavy (non-hydrogen) atoms. The minimum Gasteiger partial charge on any atom is -0.448 e. The Morgan fingerprint density at radius 2 is 1.83 bits per heavy atom. The molecule has 0 spiro atoms. The summed E-state index contributed by atoms with van der Waals surface area (Å²) >= 11 is 5.81. The SMILES string of the molecule is CCCCCCNC(=O)OCCNc1nc(Cl)nc(NCOC)n1. The van der Waals surface area contributed by atoms with Crippen molar-refractivity contribution >= 4 is 29.6 Å². The first-order valence-corrected chi connectivity index (χ1v) is 8.32. The summed E-state index contributed by atoms with van der Waals surface area (Å²) in [5.41, 5.74) is 0. The van der Waals surface area contributed by atoms with Gasteiger partial charge in [0.05, 0.1) is 6.54 Å². The van der Waals surface area contributed by atoms with Gasteiger partial charge < -0.3 is 25.4 Å². The molecule has 1 amide bonds. The molecule has 0 radical (unpaired) electrons. The van der Waals surface area contributed by atoms with Gasteiger partial charge in [0.2, 0.25) is 17.2 Å². The van der Waals surface area contributed by atoms with Crippen LogP contribution in [-0.2, 0) is 9.47 Å². The number of ether oxygens (including phenoxy) is 2. The Labute approximate surface area is 146 Å². The smallest absolute Gasteiger partial charge is 0.407 e. The molecular formula is C14H25ClN6O3. The molecule has 1 aromatic heterocycles. The summed E-state index contributed by atoms with van der Waals surface area (Å²) in [5.74, 6) is 0.585. The molecule has 0 saturated heterocycles. The molecule has 0 fully saturated rings. The quantitative estimate of drug-likeness (QED) is 0.384. The zero-order valence-corrected chi connectivity index (χ0v) is 14.9. The van der Waals surface area contributed by atoms with Crippen molar-refractivity contribution in [3.63, 3.8) is 0 Å². The van der Waals surface area contributed by atoms with E-state index in [-0.39, 0.29) is 24.6 Å². The number of nitrogens with one attached hydrogen (secondary N) is 3. The van der Waals surface area contributed by atoms with E-state index in [1.165, 1.54) is 12.8 Å². The molecule has 0 aliphatic rings. The summed E-state index contributed by atoms with van der Waals surface area (Å²) in [4.78, 5) is 23.4. The number of anilines is 2. The number of hydrogen-bond acceptors (Lipinski definition) is 8. The molecule has 0 aliphatic heterocycles. The maximum atomic E-state index is 11.5. The molecule has 1 heterocycles. The number of amides is 1. The van der Waals surface area contributed by atoms with Gasteiger partial charge in [-0.2, -0.15) is 15.0 Å². The molecule has 0 saturated carbocycles. The minimum absolute atomic E-state index is 0.0526. The Morgan fingerprint density at radius 3 is 2.54 bits per heavy atom. The van der Waals surface area contributed by atoms with Crippen LogP contribution in [0.2, 0.25) is 5.28 Å². The van der Waals surface area contributed by atoms with Crippen LogP contribution in [0.5, 0.6) is 0 Å². The summed E-state index contributed by atoms with van der Waals surface area (Å²) in [6.07, 6.45) is 3.99. The maximum Gasteiger partial charge on any atom is 0.407 e. The summed E-state index contributed by atoms with van der Waals surface area (Å²) < 4.78 is 9.91. The van der Waals surface area contributed by atoms with E-state index < -0.39 is 6.09 Å². The Morgan fingerprint density at radius 1 is 1.08 bits per heavy atom. The van der Waals surface area contributed by atoms with Crippen LogP contribution < -0.4 is 16.0 Å². The first-order chi connectivity index (χ1) is 11.7. The van der Waals surface area contributed by atoms with E-state index >= 15 is 0 Å². The fourth-order valence-corrected chi connectivity index (χ4v) is 1.90. The van der Waals surface area contributed by atoms with E-state index in [1.54, 1.807) is 7.11 Å². The van der Waals surface area contributed by atoms with E-state index in [0.29, 0.717) is 19.0 Å². The Hall–Kier alpha value is -1.87. The molecule has 0 unspecified atom stereocenters. The lowest BCUT2D eigenvalue weighted by Gasteiger charge is -2.09. The van der Waals surface area contributed by atoms with Gasteiger partial charge in [0.15, 0.2) is 0 Å². The van der Waals surface area contributed by atoms with Crippen molar-refractivity contribution < 1.29 is 14.3 Å². The molecule has 0 aromatic carbocycles. The van der Waals surface area contributed by atoms with Crippen LogP contribution in [0, 0.1) is 0 Å². The molecule has 0 aliphatic carbocycles. The third-order valence-corrected chi connectivity index (χ3v) is 3.07. The van der Waals surface area contributed by atoms with Gasteiger partial charge in [-0.1, -0.05) is 26.2 Å². The predicted molar refractivity (Wildman–Crippen MR) is 92.3 cm³/mol. The number of unbranched alkanes of at least 4 members (excludes halogenated alkanes) is 3. The van der Waals surface area contributed by atoms with Crippen LogP contribution in [0.4, 0.5) is 16.7 Å². The highest BCUT2D eigenvalue weighted by Gasteiger charge is 2.05. The lowest BCUT2D eigenvalue weighted by molar-refractivity contribution is 0.150. The van der Waals surface area contributed by atoms with Crippen molar-refractivity contribution in [2.45, 2.75) is 32.6 Å².